The molecule has 0 radical (unpaired) electrons. The van der Waals surface area contributed by atoms with Gasteiger partial charge in [-0.1, -0.05) is 5.16 Å². The fourth-order valence-corrected chi connectivity index (χ4v) is 3.43. The van der Waals surface area contributed by atoms with Crippen LogP contribution >= 0.6 is 0 Å². The van der Waals surface area contributed by atoms with Crippen LogP contribution in [0.3, 0.4) is 0 Å². The number of ether oxygens (including phenoxy) is 2. The lowest BCUT2D eigenvalue weighted by molar-refractivity contribution is -0.0318. The molecule has 2 aliphatic rings. The summed E-state index contributed by atoms with van der Waals surface area (Å²) in [6, 6.07) is 1.93. The average Bonchev–Trinajstić information content (AvgIpc) is 3.21. The first kappa shape index (κ1) is 20.1. The van der Waals surface area contributed by atoms with E-state index in [1.807, 2.05) is 6.07 Å². The molecule has 27 heavy (non-hydrogen) atoms. The maximum absolute atomic E-state index is 5.93. The van der Waals surface area contributed by atoms with Crippen molar-refractivity contribution >= 4 is 5.96 Å². The number of nitrogens with one attached hydrogen (secondary N) is 1. The number of aliphatic imine (C=N–C) groups is 1. The molecule has 0 spiro atoms. The zero-order valence-electron chi connectivity index (χ0n) is 16.4. The summed E-state index contributed by atoms with van der Waals surface area (Å²) < 4.78 is 16.2. The average molecular weight is 380 g/mol. The third kappa shape index (κ3) is 6.79. The maximum atomic E-state index is 5.93. The van der Waals surface area contributed by atoms with E-state index in [1.165, 1.54) is 0 Å². The van der Waals surface area contributed by atoms with Crippen molar-refractivity contribution in [2.24, 2.45) is 4.99 Å². The van der Waals surface area contributed by atoms with E-state index in [4.69, 9.17) is 19.0 Å². The van der Waals surface area contributed by atoms with Crippen LogP contribution < -0.4 is 5.32 Å². The van der Waals surface area contributed by atoms with E-state index in [9.17, 15) is 0 Å². The molecule has 2 saturated heterocycles. The normalized spacial score (nSPS) is 20.2. The molecule has 0 saturated carbocycles. The smallest absolute Gasteiger partial charge is 0.194 e. The Hall–Kier alpha value is -1.64. The van der Waals surface area contributed by atoms with Crippen LogP contribution in [0.2, 0.25) is 0 Å². The molecular formula is C19H33N5O3. The minimum atomic E-state index is 0.369. The van der Waals surface area contributed by atoms with Crippen molar-refractivity contribution in [2.45, 2.75) is 38.8 Å². The van der Waals surface area contributed by atoms with Gasteiger partial charge in [-0.15, -0.1) is 0 Å². The fraction of sp³-hybridized carbons (Fsp3) is 0.789. The third-order valence-corrected chi connectivity index (χ3v) is 4.97. The van der Waals surface area contributed by atoms with Crippen LogP contribution in [-0.4, -0.2) is 86.1 Å². The summed E-state index contributed by atoms with van der Waals surface area (Å²) in [7, 11) is 0. The molecule has 8 nitrogen and oxygen atoms in total. The first-order valence-electron chi connectivity index (χ1n) is 10.2. The predicted octanol–water partition coefficient (Wildman–Crippen LogP) is 1.34. The van der Waals surface area contributed by atoms with Crippen molar-refractivity contribution < 1.29 is 14.0 Å². The van der Waals surface area contributed by atoms with Gasteiger partial charge in [-0.25, -0.2) is 0 Å². The number of piperazine rings is 1. The van der Waals surface area contributed by atoms with Gasteiger partial charge in [-0.05, 0) is 26.2 Å². The molecule has 1 aromatic rings. The fourth-order valence-electron chi connectivity index (χ4n) is 3.43. The van der Waals surface area contributed by atoms with Gasteiger partial charge < -0.3 is 24.2 Å². The Labute approximate surface area is 161 Å². The van der Waals surface area contributed by atoms with Crippen molar-refractivity contribution in [3.63, 3.8) is 0 Å². The van der Waals surface area contributed by atoms with Crippen molar-refractivity contribution in [3.8, 4) is 0 Å². The van der Waals surface area contributed by atoms with Crippen molar-refractivity contribution in [1.29, 1.82) is 0 Å². The van der Waals surface area contributed by atoms with E-state index >= 15 is 0 Å². The number of aromatic nitrogens is 1. The van der Waals surface area contributed by atoms with Gasteiger partial charge in [0.25, 0.3) is 0 Å². The van der Waals surface area contributed by atoms with Crippen LogP contribution in [0, 0.1) is 0 Å². The van der Waals surface area contributed by atoms with E-state index in [2.05, 4.69) is 27.2 Å². The second kappa shape index (κ2) is 11.3. The molecule has 152 valence electrons. The highest BCUT2D eigenvalue weighted by molar-refractivity contribution is 5.80. The highest BCUT2D eigenvalue weighted by atomic mass is 16.5. The summed E-state index contributed by atoms with van der Waals surface area (Å²) in [6.45, 7) is 11.0. The Morgan fingerprint density at radius 1 is 1.30 bits per heavy atom. The molecule has 3 rings (SSSR count). The van der Waals surface area contributed by atoms with Crippen molar-refractivity contribution in [2.75, 3.05) is 59.1 Å². The molecule has 2 fully saturated rings. The van der Waals surface area contributed by atoms with E-state index < -0.39 is 0 Å². The second-order valence-corrected chi connectivity index (χ2v) is 7.03. The summed E-state index contributed by atoms with van der Waals surface area (Å²) in [6.07, 6.45) is 4.99. The largest absolute Gasteiger partial charge is 0.381 e. The summed E-state index contributed by atoms with van der Waals surface area (Å²) in [5, 5.41) is 7.43. The van der Waals surface area contributed by atoms with Gasteiger partial charge in [0.2, 0.25) is 0 Å². The lowest BCUT2D eigenvalue weighted by atomic mass is 10.1. The maximum Gasteiger partial charge on any atom is 0.194 e. The molecule has 8 heteroatoms. The molecule has 1 N–H and O–H groups in total. The van der Waals surface area contributed by atoms with Crippen LogP contribution in [0.4, 0.5) is 0 Å². The monoisotopic (exact) mass is 379 g/mol. The zero-order valence-corrected chi connectivity index (χ0v) is 16.4. The number of nitrogens with zero attached hydrogens (tertiary/aromatic N) is 4. The number of rotatable bonds is 8. The molecule has 2 aliphatic heterocycles. The number of hydrogen-bond acceptors (Lipinski definition) is 6. The lowest BCUT2D eigenvalue weighted by Crippen LogP contribution is -2.52. The molecular weight excluding hydrogens is 346 g/mol. The van der Waals surface area contributed by atoms with E-state index in [1.54, 1.807) is 6.26 Å². The van der Waals surface area contributed by atoms with Gasteiger partial charge in [0.15, 0.2) is 5.96 Å². The Morgan fingerprint density at radius 3 is 2.81 bits per heavy atom. The Kier molecular flexibility index (Phi) is 8.38. The quantitative estimate of drug-likeness (QED) is 0.415. The number of hydrogen-bond donors (Lipinski definition) is 1. The molecule has 1 aromatic heterocycles. The Bertz CT molecular complexity index is 538. The first-order valence-corrected chi connectivity index (χ1v) is 10.2. The molecule has 0 unspecified atom stereocenters. The summed E-state index contributed by atoms with van der Waals surface area (Å²) in [4.78, 5) is 9.55. The third-order valence-electron chi connectivity index (χ3n) is 4.97. The lowest BCUT2D eigenvalue weighted by Gasteiger charge is -2.36. The zero-order chi connectivity index (χ0) is 18.7. The topological polar surface area (TPSA) is 75.4 Å². The van der Waals surface area contributed by atoms with Gasteiger partial charge >= 0.3 is 0 Å². The first-order chi connectivity index (χ1) is 13.3. The van der Waals surface area contributed by atoms with Gasteiger partial charge in [-0.3, -0.25) is 9.89 Å². The van der Waals surface area contributed by atoms with Crippen molar-refractivity contribution in [3.05, 3.63) is 18.0 Å². The second-order valence-electron chi connectivity index (χ2n) is 7.03. The standard InChI is InChI=1S/C19H33N5O3/c1-2-20-19(21-7-3-12-26-18-5-13-25-14-6-18)24-10-8-23(9-11-24)16-17-4-15-27-22-17/h4,15,18H,2-3,5-14,16H2,1H3,(H,20,21). The van der Waals surface area contributed by atoms with Gasteiger partial charge in [0, 0.05) is 71.7 Å². The van der Waals surface area contributed by atoms with Gasteiger partial charge in [0.05, 0.1) is 11.8 Å². The van der Waals surface area contributed by atoms with Crippen LogP contribution in [0.1, 0.15) is 31.9 Å². The molecule has 0 atom stereocenters. The number of guanidine groups is 1. The van der Waals surface area contributed by atoms with Crippen LogP contribution in [0.15, 0.2) is 21.8 Å². The SMILES string of the molecule is CCNC(=NCCCOC1CCOCC1)N1CCN(Cc2ccon2)CC1. The molecule has 0 amide bonds. The Balaban J connectivity index is 1.36. The molecule has 0 aliphatic carbocycles. The van der Waals surface area contributed by atoms with E-state index in [-0.39, 0.29) is 0 Å². The molecule has 3 heterocycles. The van der Waals surface area contributed by atoms with E-state index in [0.29, 0.717) is 6.10 Å². The minimum Gasteiger partial charge on any atom is -0.381 e. The highest BCUT2D eigenvalue weighted by Crippen LogP contribution is 2.11. The van der Waals surface area contributed by atoms with Crippen LogP contribution in [0.25, 0.3) is 0 Å². The van der Waals surface area contributed by atoms with Gasteiger partial charge in [-0.2, -0.15) is 0 Å². The summed E-state index contributed by atoms with van der Waals surface area (Å²) in [5.41, 5.74) is 0.994. The summed E-state index contributed by atoms with van der Waals surface area (Å²) in [5.74, 6) is 1.02. The highest BCUT2D eigenvalue weighted by Gasteiger charge is 2.20. The van der Waals surface area contributed by atoms with E-state index in [0.717, 1.165) is 96.5 Å². The predicted molar refractivity (Wildman–Crippen MR) is 104 cm³/mol. The van der Waals surface area contributed by atoms with Crippen LogP contribution in [0.5, 0.6) is 0 Å². The Morgan fingerprint density at radius 2 is 2.11 bits per heavy atom. The van der Waals surface area contributed by atoms with Crippen molar-refractivity contribution in [1.82, 2.24) is 20.3 Å². The summed E-state index contributed by atoms with van der Waals surface area (Å²) >= 11 is 0. The molecule has 0 bridgehead atoms. The minimum absolute atomic E-state index is 0.369. The van der Waals surface area contributed by atoms with Crippen LogP contribution in [-0.2, 0) is 16.0 Å². The molecule has 0 aromatic carbocycles. The van der Waals surface area contributed by atoms with Gasteiger partial charge in [0.1, 0.15) is 6.26 Å².